The maximum atomic E-state index is 11.6. The summed E-state index contributed by atoms with van der Waals surface area (Å²) >= 11 is 0. The Morgan fingerprint density at radius 3 is 2.32 bits per heavy atom. The van der Waals surface area contributed by atoms with Crippen LogP contribution in [0.4, 0.5) is 4.79 Å². The van der Waals surface area contributed by atoms with Crippen LogP contribution in [-0.2, 0) is 14.3 Å². The lowest BCUT2D eigenvalue weighted by Crippen LogP contribution is -2.40. The van der Waals surface area contributed by atoms with Gasteiger partial charge in [0.15, 0.2) is 0 Å². The summed E-state index contributed by atoms with van der Waals surface area (Å²) in [6, 6.07) is -0.675. The Labute approximate surface area is 116 Å². The number of ether oxygens (including phenoxy) is 2. The van der Waals surface area contributed by atoms with Crippen LogP contribution in [0, 0.1) is 5.92 Å². The van der Waals surface area contributed by atoms with Gasteiger partial charge in [-0.2, -0.15) is 0 Å². The first-order chi connectivity index (χ1) is 8.97. The van der Waals surface area contributed by atoms with Crippen molar-refractivity contribution in [1.29, 1.82) is 0 Å². The molecule has 0 radical (unpaired) electrons. The molecule has 0 bridgehead atoms. The van der Waals surface area contributed by atoms with Gasteiger partial charge in [0.1, 0.15) is 6.04 Å². The van der Waals surface area contributed by atoms with Gasteiger partial charge < -0.3 is 14.8 Å². The van der Waals surface area contributed by atoms with Crippen molar-refractivity contribution in [2.75, 3.05) is 13.2 Å². The fourth-order valence-corrected chi connectivity index (χ4v) is 1.35. The van der Waals surface area contributed by atoms with Gasteiger partial charge in [-0.15, -0.1) is 0 Å². The first-order valence-electron chi connectivity index (χ1n) is 7.07. The number of alkyl carbamates (subject to hydrolysis) is 1. The second-order valence-corrected chi connectivity index (χ2v) is 5.09. The van der Waals surface area contributed by atoms with Gasteiger partial charge in [-0.05, 0) is 19.3 Å². The Hall–Kier alpha value is -1.26. The molecule has 0 aromatic rings. The smallest absolute Gasteiger partial charge is 0.407 e. The zero-order valence-electron chi connectivity index (χ0n) is 12.5. The average molecular weight is 273 g/mol. The molecule has 1 atom stereocenters. The first-order valence-corrected chi connectivity index (χ1v) is 7.07. The third-order valence-electron chi connectivity index (χ3n) is 2.48. The van der Waals surface area contributed by atoms with Crippen LogP contribution >= 0.6 is 0 Å². The minimum atomic E-state index is -0.675. The molecule has 19 heavy (non-hydrogen) atoms. The molecule has 0 saturated carbocycles. The van der Waals surface area contributed by atoms with E-state index in [4.69, 9.17) is 9.47 Å². The van der Waals surface area contributed by atoms with Crippen LogP contribution in [0.2, 0.25) is 0 Å². The van der Waals surface area contributed by atoms with Gasteiger partial charge in [-0.25, -0.2) is 9.59 Å². The maximum Gasteiger partial charge on any atom is 0.407 e. The van der Waals surface area contributed by atoms with Crippen molar-refractivity contribution in [2.45, 2.75) is 59.4 Å². The summed E-state index contributed by atoms with van der Waals surface area (Å²) in [6.45, 7) is 8.35. The molecule has 0 aromatic carbocycles. The number of hydrogen-bond donors (Lipinski definition) is 1. The van der Waals surface area contributed by atoms with Crippen molar-refractivity contribution in [3.63, 3.8) is 0 Å². The summed E-state index contributed by atoms with van der Waals surface area (Å²) < 4.78 is 9.99. The lowest BCUT2D eigenvalue weighted by molar-refractivity contribution is -0.145. The number of amides is 1. The van der Waals surface area contributed by atoms with E-state index in [1.807, 2.05) is 13.8 Å². The number of esters is 1. The predicted octanol–water partition coefficient (Wildman–Crippen LogP) is 2.88. The van der Waals surface area contributed by atoms with E-state index in [0.717, 1.165) is 25.7 Å². The molecule has 1 unspecified atom stereocenters. The van der Waals surface area contributed by atoms with E-state index in [0.29, 0.717) is 13.2 Å². The van der Waals surface area contributed by atoms with Crippen LogP contribution in [-0.4, -0.2) is 31.3 Å². The molecular formula is C14H27NO4. The number of unbranched alkanes of at least 4 members (excludes halogenated alkanes) is 3. The van der Waals surface area contributed by atoms with E-state index < -0.39 is 18.1 Å². The minimum Gasteiger partial charge on any atom is -0.464 e. The summed E-state index contributed by atoms with van der Waals surface area (Å²) in [7, 11) is 0. The van der Waals surface area contributed by atoms with Crippen LogP contribution in [0.15, 0.2) is 0 Å². The van der Waals surface area contributed by atoms with Gasteiger partial charge in [-0.1, -0.05) is 40.0 Å². The molecule has 0 fully saturated rings. The van der Waals surface area contributed by atoms with Gasteiger partial charge in [0.05, 0.1) is 13.2 Å². The average Bonchev–Trinajstić information content (AvgIpc) is 2.35. The van der Waals surface area contributed by atoms with E-state index in [9.17, 15) is 9.59 Å². The Bertz CT molecular complexity index is 266. The molecule has 0 aliphatic rings. The van der Waals surface area contributed by atoms with E-state index in [2.05, 4.69) is 12.2 Å². The van der Waals surface area contributed by atoms with Crippen LogP contribution < -0.4 is 5.32 Å². The van der Waals surface area contributed by atoms with Crippen molar-refractivity contribution >= 4 is 12.1 Å². The molecule has 5 nitrogen and oxygen atoms in total. The van der Waals surface area contributed by atoms with Crippen molar-refractivity contribution in [3.05, 3.63) is 0 Å². The molecule has 0 aliphatic carbocycles. The standard InChI is InChI=1S/C14H27NO4/c1-5-6-7-8-9-18-13(16)12(4)15-14(17)19-10-11(2)3/h11-12H,5-10H2,1-4H3,(H,15,17). The van der Waals surface area contributed by atoms with Gasteiger partial charge in [0, 0.05) is 0 Å². The molecule has 0 aromatic heterocycles. The second-order valence-electron chi connectivity index (χ2n) is 5.09. The SMILES string of the molecule is CCCCCCOC(=O)C(C)NC(=O)OCC(C)C. The van der Waals surface area contributed by atoms with Gasteiger partial charge in [0.25, 0.3) is 0 Å². The normalized spacial score (nSPS) is 12.1. The molecule has 1 N–H and O–H groups in total. The summed E-state index contributed by atoms with van der Waals surface area (Å²) in [5.74, 6) is -0.149. The molecule has 0 aliphatic heterocycles. The maximum absolute atomic E-state index is 11.6. The number of hydrogen-bond acceptors (Lipinski definition) is 4. The van der Waals surface area contributed by atoms with Gasteiger partial charge >= 0.3 is 12.1 Å². The highest BCUT2D eigenvalue weighted by Crippen LogP contribution is 2.00. The Balaban J connectivity index is 3.71. The van der Waals surface area contributed by atoms with Crippen molar-refractivity contribution in [1.82, 2.24) is 5.32 Å². The number of nitrogens with one attached hydrogen (secondary N) is 1. The van der Waals surface area contributed by atoms with E-state index in [1.54, 1.807) is 6.92 Å². The Morgan fingerprint density at radius 1 is 1.05 bits per heavy atom. The zero-order valence-corrected chi connectivity index (χ0v) is 12.5. The van der Waals surface area contributed by atoms with Crippen molar-refractivity contribution in [2.24, 2.45) is 5.92 Å². The fraction of sp³-hybridized carbons (Fsp3) is 0.857. The first kappa shape index (κ1) is 17.7. The molecule has 0 saturated heterocycles. The highest BCUT2D eigenvalue weighted by atomic mass is 16.6. The Morgan fingerprint density at radius 2 is 1.74 bits per heavy atom. The topological polar surface area (TPSA) is 64.6 Å². The summed E-state index contributed by atoms with van der Waals surface area (Å²) in [5, 5.41) is 2.45. The molecule has 112 valence electrons. The van der Waals surface area contributed by atoms with Crippen LogP contribution in [0.25, 0.3) is 0 Å². The van der Waals surface area contributed by atoms with E-state index in [1.165, 1.54) is 0 Å². The third-order valence-corrected chi connectivity index (χ3v) is 2.48. The number of rotatable bonds is 9. The molecule has 0 spiro atoms. The minimum absolute atomic E-state index is 0.270. The van der Waals surface area contributed by atoms with Gasteiger partial charge in [0.2, 0.25) is 0 Å². The largest absolute Gasteiger partial charge is 0.464 e. The fourth-order valence-electron chi connectivity index (χ4n) is 1.35. The Kier molecular flexibility index (Phi) is 9.94. The van der Waals surface area contributed by atoms with Crippen molar-refractivity contribution in [3.8, 4) is 0 Å². The van der Waals surface area contributed by atoms with Crippen LogP contribution in [0.1, 0.15) is 53.4 Å². The molecule has 1 amide bonds. The van der Waals surface area contributed by atoms with Crippen molar-refractivity contribution < 1.29 is 19.1 Å². The lowest BCUT2D eigenvalue weighted by atomic mass is 10.2. The monoisotopic (exact) mass is 273 g/mol. The second kappa shape index (κ2) is 10.6. The predicted molar refractivity (Wildman–Crippen MR) is 73.9 cm³/mol. The molecule has 5 heteroatoms. The summed E-state index contributed by atoms with van der Waals surface area (Å²) in [6.07, 6.45) is 3.64. The number of carbonyl (C=O) groups is 2. The molecule has 0 rings (SSSR count). The van der Waals surface area contributed by atoms with Crippen LogP contribution in [0.3, 0.4) is 0 Å². The third kappa shape index (κ3) is 10.4. The molecule has 0 heterocycles. The highest BCUT2D eigenvalue weighted by Gasteiger charge is 2.17. The quantitative estimate of drug-likeness (QED) is 0.518. The molecular weight excluding hydrogens is 246 g/mol. The summed E-state index contributed by atoms with van der Waals surface area (Å²) in [5.41, 5.74) is 0. The van der Waals surface area contributed by atoms with E-state index in [-0.39, 0.29) is 5.92 Å². The zero-order chi connectivity index (χ0) is 14.7. The lowest BCUT2D eigenvalue weighted by Gasteiger charge is -2.14. The highest BCUT2D eigenvalue weighted by molar-refractivity contribution is 5.80. The van der Waals surface area contributed by atoms with Gasteiger partial charge in [-0.3, -0.25) is 0 Å². The summed E-state index contributed by atoms with van der Waals surface area (Å²) in [4.78, 5) is 22.9. The van der Waals surface area contributed by atoms with E-state index >= 15 is 0 Å². The van der Waals surface area contributed by atoms with Crippen LogP contribution in [0.5, 0.6) is 0 Å². The number of carbonyl (C=O) groups excluding carboxylic acids is 2.